The number of hydrogen-bond acceptors (Lipinski definition) is 3. The molecule has 118 valence electrons. The van der Waals surface area contributed by atoms with Gasteiger partial charge < -0.3 is 14.8 Å². The van der Waals surface area contributed by atoms with Crippen molar-refractivity contribution in [2.75, 3.05) is 18.5 Å². The van der Waals surface area contributed by atoms with Gasteiger partial charge >= 0.3 is 0 Å². The quantitative estimate of drug-likeness (QED) is 0.866. The molecule has 0 bridgehead atoms. The molecule has 1 amide bonds. The second kappa shape index (κ2) is 6.71. The van der Waals surface area contributed by atoms with Crippen molar-refractivity contribution < 1.29 is 18.7 Å². The molecular formula is C17H13ClFNO3. The van der Waals surface area contributed by atoms with Crippen molar-refractivity contribution in [1.82, 2.24) is 0 Å². The SMILES string of the molecule is O=C(/C=C/c1ccccc1F)Nc1cc2c(cc1Cl)OCCO2. The average Bonchev–Trinajstić information content (AvgIpc) is 2.55. The second-order valence-electron chi connectivity index (χ2n) is 4.82. The molecule has 1 heterocycles. The third-order valence-electron chi connectivity index (χ3n) is 3.21. The molecule has 0 radical (unpaired) electrons. The topological polar surface area (TPSA) is 47.6 Å². The molecule has 0 unspecified atom stereocenters. The highest BCUT2D eigenvalue weighted by Crippen LogP contribution is 2.37. The van der Waals surface area contributed by atoms with E-state index in [4.69, 9.17) is 21.1 Å². The van der Waals surface area contributed by atoms with Crippen molar-refractivity contribution in [3.05, 3.63) is 58.9 Å². The number of nitrogens with one attached hydrogen (secondary N) is 1. The average molecular weight is 334 g/mol. The molecular weight excluding hydrogens is 321 g/mol. The number of benzene rings is 2. The third kappa shape index (κ3) is 3.63. The van der Waals surface area contributed by atoms with Crippen LogP contribution in [0, 0.1) is 5.82 Å². The number of amides is 1. The standard InChI is InChI=1S/C17H13ClFNO3/c18-12-9-15-16(23-8-7-22-15)10-14(12)20-17(21)6-5-11-3-1-2-4-13(11)19/h1-6,9-10H,7-8H2,(H,20,21)/b6-5+. The van der Waals surface area contributed by atoms with Gasteiger partial charge in [0.25, 0.3) is 0 Å². The number of rotatable bonds is 3. The smallest absolute Gasteiger partial charge is 0.248 e. The van der Waals surface area contributed by atoms with E-state index in [-0.39, 0.29) is 0 Å². The maximum absolute atomic E-state index is 13.5. The van der Waals surface area contributed by atoms with Crippen LogP contribution in [-0.4, -0.2) is 19.1 Å². The number of fused-ring (bicyclic) bond motifs is 1. The van der Waals surface area contributed by atoms with Crippen LogP contribution in [0.4, 0.5) is 10.1 Å². The summed E-state index contributed by atoms with van der Waals surface area (Å²) in [5, 5.41) is 2.97. The van der Waals surface area contributed by atoms with E-state index in [1.807, 2.05) is 0 Å². The minimum Gasteiger partial charge on any atom is -0.486 e. The van der Waals surface area contributed by atoms with E-state index in [1.54, 1.807) is 30.3 Å². The van der Waals surface area contributed by atoms with Crippen LogP contribution in [0.1, 0.15) is 5.56 Å². The minimum atomic E-state index is -0.424. The number of ether oxygens (including phenoxy) is 2. The first-order valence-corrected chi connectivity index (χ1v) is 7.34. The van der Waals surface area contributed by atoms with Gasteiger partial charge in [-0.1, -0.05) is 29.8 Å². The van der Waals surface area contributed by atoms with E-state index in [9.17, 15) is 9.18 Å². The van der Waals surface area contributed by atoms with Crippen molar-refractivity contribution in [3.8, 4) is 11.5 Å². The molecule has 0 saturated heterocycles. The van der Waals surface area contributed by atoms with Crippen LogP contribution in [0.3, 0.4) is 0 Å². The van der Waals surface area contributed by atoms with E-state index >= 15 is 0 Å². The second-order valence-corrected chi connectivity index (χ2v) is 5.23. The van der Waals surface area contributed by atoms with Crippen LogP contribution in [0.5, 0.6) is 11.5 Å². The van der Waals surface area contributed by atoms with E-state index in [0.717, 1.165) is 0 Å². The third-order valence-corrected chi connectivity index (χ3v) is 3.52. The Morgan fingerprint density at radius 3 is 2.61 bits per heavy atom. The molecule has 0 aliphatic carbocycles. The summed E-state index contributed by atoms with van der Waals surface area (Å²) >= 11 is 6.11. The van der Waals surface area contributed by atoms with Gasteiger partial charge in [0.05, 0.1) is 10.7 Å². The maximum Gasteiger partial charge on any atom is 0.248 e. The lowest BCUT2D eigenvalue weighted by molar-refractivity contribution is -0.111. The molecule has 0 fully saturated rings. The van der Waals surface area contributed by atoms with Gasteiger partial charge in [-0.25, -0.2) is 4.39 Å². The molecule has 2 aromatic carbocycles. The summed E-state index contributed by atoms with van der Waals surface area (Å²) in [5.74, 6) is 0.246. The Bertz CT molecular complexity index is 776. The fourth-order valence-corrected chi connectivity index (χ4v) is 2.31. The van der Waals surface area contributed by atoms with Gasteiger partial charge in [0.2, 0.25) is 5.91 Å². The number of hydrogen-bond donors (Lipinski definition) is 1. The van der Waals surface area contributed by atoms with Gasteiger partial charge in [0.1, 0.15) is 19.0 Å². The van der Waals surface area contributed by atoms with Crippen LogP contribution < -0.4 is 14.8 Å². The zero-order chi connectivity index (χ0) is 16.2. The van der Waals surface area contributed by atoms with E-state index < -0.39 is 11.7 Å². The van der Waals surface area contributed by atoms with E-state index in [1.165, 1.54) is 18.2 Å². The number of carbonyl (C=O) groups is 1. The Balaban J connectivity index is 1.74. The summed E-state index contributed by atoms with van der Waals surface area (Å²) in [7, 11) is 0. The van der Waals surface area contributed by atoms with Crippen LogP contribution in [0.15, 0.2) is 42.5 Å². The first-order valence-electron chi connectivity index (χ1n) is 6.96. The molecule has 0 aromatic heterocycles. The van der Waals surface area contributed by atoms with Crippen LogP contribution in [-0.2, 0) is 4.79 Å². The molecule has 1 aliphatic rings. The Morgan fingerprint density at radius 1 is 1.17 bits per heavy atom. The van der Waals surface area contributed by atoms with E-state index in [2.05, 4.69) is 5.32 Å². The highest BCUT2D eigenvalue weighted by atomic mass is 35.5. The molecule has 0 atom stereocenters. The zero-order valence-electron chi connectivity index (χ0n) is 12.0. The minimum absolute atomic E-state index is 0.330. The van der Waals surface area contributed by atoms with Gasteiger partial charge in [-0.2, -0.15) is 0 Å². The predicted molar refractivity (Wildman–Crippen MR) is 86.5 cm³/mol. The lowest BCUT2D eigenvalue weighted by atomic mass is 10.2. The van der Waals surface area contributed by atoms with Crippen molar-refractivity contribution in [3.63, 3.8) is 0 Å². The lowest BCUT2D eigenvalue weighted by Gasteiger charge is -2.19. The van der Waals surface area contributed by atoms with Crippen LogP contribution in [0.25, 0.3) is 6.08 Å². The Morgan fingerprint density at radius 2 is 1.87 bits per heavy atom. The predicted octanol–water partition coefficient (Wildman–Crippen LogP) is 3.90. The largest absolute Gasteiger partial charge is 0.486 e. The molecule has 4 nitrogen and oxygen atoms in total. The Labute approximate surface area is 137 Å². The Kier molecular flexibility index (Phi) is 4.48. The molecule has 23 heavy (non-hydrogen) atoms. The van der Waals surface area contributed by atoms with Gasteiger partial charge in [-0.05, 0) is 12.1 Å². The van der Waals surface area contributed by atoms with E-state index in [0.29, 0.717) is 41.0 Å². The monoisotopic (exact) mass is 333 g/mol. The Hall–Kier alpha value is -2.53. The molecule has 0 spiro atoms. The summed E-state index contributed by atoms with van der Waals surface area (Å²) in [5.41, 5.74) is 0.732. The molecule has 2 aromatic rings. The van der Waals surface area contributed by atoms with Crippen molar-refractivity contribution in [1.29, 1.82) is 0 Å². The van der Waals surface area contributed by atoms with Crippen LogP contribution in [0.2, 0.25) is 5.02 Å². The van der Waals surface area contributed by atoms with Gasteiger partial charge in [-0.3, -0.25) is 4.79 Å². The van der Waals surface area contributed by atoms with Gasteiger partial charge in [0.15, 0.2) is 11.5 Å². The fraction of sp³-hybridized carbons (Fsp3) is 0.118. The highest BCUT2D eigenvalue weighted by molar-refractivity contribution is 6.34. The maximum atomic E-state index is 13.5. The first-order chi connectivity index (χ1) is 11.1. The molecule has 1 aliphatic heterocycles. The number of halogens is 2. The van der Waals surface area contributed by atoms with Gasteiger partial charge in [-0.15, -0.1) is 0 Å². The molecule has 1 N–H and O–H groups in total. The molecule has 6 heteroatoms. The first kappa shape index (κ1) is 15.4. The zero-order valence-corrected chi connectivity index (χ0v) is 12.8. The summed E-state index contributed by atoms with van der Waals surface area (Å²) in [6.45, 7) is 0.898. The number of anilines is 1. The number of carbonyl (C=O) groups excluding carboxylic acids is 1. The summed E-state index contributed by atoms with van der Waals surface area (Å²) in [6, 6.07) is 9.38. The normalized spacial score (nSPS) is 13.1. The summed E-state index contributed by atoms with van der Waals surface area (Å²) in [4.78, 5) is 12.0. The van der Waals surface area contributed by atoms with Crippen molar-refractivity contribution in [2.24, 2.45) is 0 Å². The summed E-state index contributed by atoms with van der Waals surface area (Å²) in [6.07, 6.45) is 2.64. The van der Waals surface area contributed by atoms with Gasteiger partial charge in [0, 0.05) is 23.8 Å². The van der Waals surface area contributed by atoms with Crippen molar-refractivity contribution in [2.45, 2.75) is 0 Å². The molecule has 3 rings (SSSR count). The van der Waals surface area contributed by atoms with Crippen LogP contribution >= 0.6 is 11.6 Å². The highest BCUT2D eigenvalue weighted by Gasteiger charge is 2.15. The van der Waals surface area contributed by atoms with Crippen molar-refractivity contribution >= 4 is 29.3 Å². The fourth-order valence-electron chi connectivity index (χ4n) is 2.11. The lowest BCUT2D eigenvalue weighted by Crippen LogP contribution is -2.16. The summed E-state index contributed by atoms with van der Waals surface area (Å²) < 4.78 is 24.3. The molecule has 0 saturated carbocycles.